The summed E-state index contributed by atoms with van der Waals surface area (Å²) < 4.78 is 15.3. The highest BCUT2D eigenvalue weighted by atomic mass is 32.2. The molecule has 0 aliphatic rings. The number of carbonyl (C=O) groups excluding carboxylic acids is 2. The highest BCUT2D eigenvalue weighted by molar-refractivity contribution is 7.99. The molecule has 0 aliphatic heterocycles. The van der Waals surface area contributed by atoms with E-state index in [1.807, 2.05) is 11.4 Å². The molecule has 0 radical (unpaired) electrons. The molecule has 0 fully saturated rings. The Hall–Kier alpha value is -4.19. The van der Waals surface area contributed by atoms with Crippen molar-refractivity contribution >= 4 is 44.4 Å². The molecular weight excluding hydrogens is 466 g/mol. The van der Waals surface area contributed by atoms with E-state index < -0.39 is 15.6 Å². The molecule has 8 heteroatoms. The molecule has 2 amide bonds. The van der Waals surface area contributed by atoms with E-state index in [1.54, 1.807) is 66.7 Å². The van der Waals surface area contributed by atoms with E-state index in [9.17, 15) is 13.8 Å². The van der Waals surface area contributed by atoms with E-state index in [0.29, 0.717) is 21.0 Å². The Morgan fingerprint density at radius 2 is 1.62 bits per heavy atom. The third kappa shape index (κ3) is 5.78. The van der Waals surface area contributed by atoms with Gasteiger partial charge in [0.2, 0.25) is 0 Å². The minimum atomic E-state index is -3.00. The molecule has 0 spiro atoms. The SMILES string of the molecule is C=S(=O)(NC(=O)c1cncc(C#Cc2ccc(NC(=O)c3cccs3)cc2)c1)c1ccccc1. The van der Waals surface area contributed by atoms with Gasteiger partial charge in [-0.1, -0.05) is 36.1 Å². The number of carbonyl (C=O) groups is 2. The monoisotopic (exact) mass is 485 g/mol. The van der Waals surface area contributed by atoms with Crippen LogP contribution in [0.3, 0.4) is 0 Å². The fraction of sp³-hybridized carbons (Fsp3) is 0. The van der Waals surface area contributed by atoms with E-state index in [4.69, 9.17) is 0 Å². The fourth-order valence-corrected chi connectivity index (χ4v) is 4.67. The molecule has 6 nitrogen and oxygen atoms in total. The molecule has 0 saturated carbocycles. The van der Waals surface area contributed by atoms with Gasteiger partial charge in [0.25, 0.3) is 11.8 Å². The number of aromatic nitrogens is 1. The van der Waals surface area contributed by atoms with Crippen molar-refractivity contribution in [3.05, 3.63) is 112 Å². The van der Waals surface area contributed by atoms with Crippen LogP contribution in [-0.2, 0) is 9.71 Å². The van der Waals surface area contributed by atoms with Gasteiger partial charge < -0.3 is 5.32 Å². The molecule has 168 valence electrons. The summed E-state index contributed by atoms with van der Waals surface area (Å²) in [6.07, 6.45) is 2.92. The van der Waals surface area contributed by atoms with Crippen LogP contribution in [0.15, 0.2) is 95.5 Å². The number of nitrogens with one attached hydrogen (secondary N) is 2. The average molecular weight is 486 g/mol. The second-order valence-electron chi connectivity index (χ2n) is 7.14. The van der Waals surface area contributed by atoms with Crippen molar-refractivity contribution < 1.29 is 13.8 Å². The Morgan fingerprint density at radius 1 is 0.882 bits per heavy atom. The molecule has 34 heavy (non-hydrogen) atoms. The number of nitrogens with zero attached hydrogens (tertiary/aromatic N) is 1. The van der Waals surface area contributed by atoms with Crippen LogP contribution in [0.5, 0.6) is 0 Å². The lowest BCUT2D eigenvalue weighted by molar-refractivity contribution is 0.0980. The van der Waals surface area contributed by atoms with Crippen LogP contribution in [0.4, 0.5) is 5.69 Å². The van der Waals surface area contributed by atoms with Gasteiger partial charge in [0, 0.05) is 34.1 Å². The molecule has 1 unspecified atom stereocenters. The van der Waals surface area contributed by atoms with Gasteiger partial charge >= 0.3 is 0 Å². The molecule has 4 aromatic rings. The summed E-state index contributed by atoms with van der Waals surface area (Å²) in [6, 6.07) is 20.8. The number of rotatable bonds is 5. The van der Waals surface area contributed by atoms with Crippen molar-refractivity contribution in [1.82, 2.24) is 9.71 Å². The Kier molecular flexibility index (Phi) is 6.87. The first-order valence-corrected chi connectivity index (χ1v) is 12.7. The first-order valence-electron chi connectivity index (χ1n) is 10.1. The van der Waals surface area contributed by atoms with Crippen molar-refractivity contribution in [2.75, 3.05) is 5.32 Å². The number of anilines is 1. The Bertz CT molecular complexity index is 1480. The van der Waals surface area contributed by atoms with Crippen molar-refractivity contribution in [3.8, 4) is 11.8 Å². The van der Waals surface area contributed by atoms with Crippen LogP contribution >= 0.6 is 11.3 Å². The van der Waals surface area contributed by atoms with Crippen molar-refractivity contribution in [2.45, 2.75) is 4.90 Å². The second-order valence-corrected chi connectivity index (χ2v) is 10.1. The maximum atomic E-state index is 12.8. The van der Waals surface area contributed by atoms with Gasteiger partial charge in [0.05, 0.1) is 20.1 Å². The summed E-state index contributed by atoms with van der Waals surface area (Å²) in [6.45, 7) is 0. The molecule has 1 atom stereocenters. The van der Waals surface area contributed by atoms with Crippen LogP contribution in [0.25, 0.3) is 0 Å². The largest absolute Gasteiger partial charge is 0.321 e. The van der Waals surface area contributed by atoms with Crippen LogP contribution < -0.4 is 10.0 Å². The smallest absolute Gasteiger partial charge is 0.265 e. The van der Waals surface area contributed by atoms with Crippen molar-refractivity contribution in [1.29, 1.82) is 0 Å². The first-order chi connectivity index (χ1) is 16.4. The minimum absolute atomic E-state index is 0.159. The number of benzene rings is 2. The Labute approximate surface area is 201 Å². The maximum Gasteiger partial charge on any atom is 0.265 e. The molecule has 4 rings (SSSR count). The van der Waals surface area contributed by atoms with Gasteiger partial charge in [-0.2, -0.15) is 0 Å². The predicted octanol–water partition coefficient (Wildman–Crippen LogP) is 4.22. The zero-order valence-electron chi connectivity index (χ0n) is 17.9. The molecule has 0 aliphatic carbocycles. The molecule has 0 bridgehead atoms. The summed E-state index contributed by atoms with van der Waals surface area (Å²) in [5, 5.41) is 4.68. The van der Waals surface area contributed by atoms with Crippen LogP contribution in [0, 0.1) is 11.8 Å². The first kappa shape index (κ1) is 23.0. The average Bonchev–Trinajstić information content (AvgIpc) is 3.39. The quantitative estimate of drug-likeness (QED) is 0.327. The number of hydrogen-bond acceptors (Lipinski definition) is 5. The number of hydrogen-bond donors (Lipinski definition) is 2. The fourth-order valence-electron chi connectivity index (χ4n) is 2.92. The van der Waals surface area contributed by atoms with Gasteiger partial charge in [-0.05, 0) is 59.8 Å². The van der Waals surface area contributed by atoms with Gasteiger partial charge in [-0.15, -0.1) is 11.3 Å². The predicted molar refractivity (Wildman–Crippen MR) is 136 cm³/mol. The van der Waals surface area contributed by atoms with Gasteiger partial charge in [0.1, 0.15) is 0 Å². The molecular formula is C26H19N3O3S2. The number of amides is 2. The van der Waals surface area contributed by atoms with Crippen LogP contribution in [-0.4, -0.2) is 26.9 Å². The van der Waals surface area contributed by atoms with Crippen molar-refractivity contribution in [2.24, 2.45) is 0 Å². The lowest BCUT2D eigenvalue weighted by atomic mass is 10.1. The number of thiophene rings is 1. The normalized spacial score (nSPS) is 12.0. The molecule has 0 saturated heterocycles. The molecule has 2 aromatic heterocycles. The summed E-state index contributed by atoms with van der Waals surface area (Å²) in [4.78, 5) is 29.9. The third-order valence-corrected chi connectivity index (χ3v) is 7.04. The van der Waals surface area contributed by atoms with E-state index in [1.165, 1.54) is 23.7 Å². The lowest BCUT2D eigenvalue weighted by Gasteiger charge is -2.11. The highest BCUT2D eigenvalue weighted by Crippen LogP contribution is 2.14. The Balaban J connectivity index is 1.43. The Morgan fingerprint density at radius 3 is 2.32 bits per heavy atom. The van der Waals surface area contributed by atoms with Gasteiger partial charge in [-0.3, -0.25) is 19.3 Å². The van der Waals surface area contributed by atoms with Gasteiger partial charge in [-0.25, -0.2) is 4.21 Å². The third-order valence-electron chi connectivity index (χ3n) is 4.62. The second kappa shape index (κ2) is 10.2. The molecule has 2 aromatic carbocycles. The number of pyridine rings is 1. The maximum absolute atomic E-state index is 12.8. The minimum Gasteiger partial charge on any atom is -0.321 e. The molecule has 2 N–H and O–H groups in total. The zero-order chi connectivity index (χ0) is 24.0. The summed E-state index contributed by atoms with van der Waals surface area (Å²) in [5.41, 5.74) is 2.15. The highest BCUT2D eigenvalue weighted by Gasteiger charge is 2.14. The standard InChI is InChI=1S/C26H19N3O3S2/c1-34(32,23-6-3-2-4-7-23)29-25(30)21-16-20(17-27-18-21)10-9-19-11-13-22(14-12-19)28-26(31)24-8-5-15-33-24/h2-8,11-18H,1H2,(H,28,31)(H,29,30,32). The van der Waals surface area contributed by atoms with Crippen LogP contribution in [0.2, 0.25) is 0 Å². The van der Waals surface area contributed by atoms with E-state index in [0.717, 1.165) is 5.56 Å². The molecule has 2 heterocycles. The van der Waals surface area contributed by atoms with E-state index in [2.05, 4.69) is 32.7 Å². The summed E-state index contributed by atoms with van der Waals surface area (Å²) in [5.74, 6) is 8.93. The zero-order valence-corrected chi connectivity index (χ0v) is 19.5. The lowest BCUT2D eigenvalue weighted by Crippen LogP contribution is -2.30. The van der Waals surface area contributed by atoms with E-state index in [-0.39, 0.29) is 11.5 Å². The van der Waals surface area contributed by atoms with Crippen molar-refractivity contribution in [3.63, 3.8) is 0 Å². The summed E-state index contributed by atoms with van der Waals surface area (Å²) >= 11 is 1.38. The summed E-state index contributed by atoms with van der Waals surface area (Å²) in [7, 11) is -3.00. The van der Waals surface area contributed by atoms with Crippen LogP contribution in [0.1, 0.15) is 31.2 Å². The van der Waals surface area contributed by atoms with E-state index >= 15 is 0 Å². The van der Waals surface area contributed by atoms with Gasteiger partial charge in [0.15, 0.2) is 0 Å². The topological polar surface area (TPSA) is 88.2 Å².